The van der Waals surface area contributed by atoms with E-state index in [0.29, 0.717) is 6.42 Å². The fourth-order valence-electron chi connectivity index (χ4n) is 2.34. The van der Waals surface area contributed by atoms with E-state index in [0.717, 1.165) is 26.1 Å². The molecule has 1 aromatic carbocycles. The largest absolute Gasteiger partial charge is 0.359 e. The van der Waals surface area contributed by atoms with Crippen LogP contribution in [0.15, 0.2) is 30.5 Å². The van der Waals surface area contributed by atoms with Crippen molar-refractivity contribution in [2.45, 2.75) is 32.9 Å². The predicted octanol–water partition coefficient (Wildman–Crippen LogP) is 2.28. The second kappa shape index (κ2) is 7.10. The number of nitrogens with one attached hydrogen (secondary N) is 2. The molecule has 0 radical (unpaired) electrons. The molecule has 0 aliphatic carbocycles. The lowest BCUT2D eigenvalue weighted by Crippen LogP contribution is -2.17. The van der Waals surface area contributed by atoms with Crippen molar-refractivity contribution in [2.24, 2.45) is 0 Å². The standard InChI is InChI=1S/C16H23N3O/c1-3-18-12-13-6-7-14-8-10-19(15(14)11-13)9-4-5-16(20)17-2/h6-8,10-11,18H,3-5,9,12H2,1-2H3,(H,17,20). The number of aromatic nitrogens is 1. The maximum absolute atomic E-state index is 11.2. The third kappa shape index (κ3) is 3.61. The predicted molar refractivity (Wildman–Crippen MR) is 82.6 cm³/mol. The van der Waals surface area contributed by atoms with Gasteiger partial charge in [0.2, 0.25) is 5.91 Å². The van der Waals surface area contributed by atoms with Crippen LogP contribution in [0.25, 0.3) is 10.9 Å². The van der Waals surface area contributed by atoms with Crippen LogP contribution in [0.4, 0.5) is 0 Å². The van der Waals surface area contributed by atoms with E-state index in [1.807, 2.05) is 0 Å². The van der Waals surface area contributed by atoms with Crippen LogP contribution in [0.2, 0.25) is 0 Å². The lowest BCUT2D eigenvalue weighted by molar-refractivity contribution is -0.120. The van der Waals surface area contributed by atoms with Crippen LogP contribution in [-0.4, -0.2) is 24.1 Å². The van der Waals surface area contributed by atoms with Crippen molar-refractivity contribution in [3.05, 3.63) is 36.0 Å². The molecule has 0 aliphatic heterocycles. The van der Waals surface area contributed by atoms with E-state index in [1.165, 1.54) is 16.5 Å². The molecule has 108 valence electrons. The molecular weight excluding hydrogens is 250 g/mol. The summed E-state index contributed by atoms with van der Waals surface area (Å²) in [7, 11) is 1.68. The van der Waals surface area contributed by atoms with E-state index in [4.69, 9.17) is 0 Å². The summed E-state index contributed by atoms with van der Waals surface area (Å²) in [6, 6.07) is 8.70. The molecule has 0 saturated carbocycles. The maximum Gasteiger partial charge on any atom is 0.219 e. The van der Waals surface area contributed by atoms with Crippen molar-refractivity contribution in [1.29, 1.82) is 0 Å². The van der Waals surface area contributed by atoms with Gasteiger partial charge in [-0.25, -0.2) is 0 Å². The van der Waals surface area contributed by atoms with Gasteiger partial charge in [0, 0.05) is 38.3 Å². The van der Waals surface area contributed by atoms with Crippen LogP contribution < -0.4 is 10.6 Å². The smallest absolute Gasteiger partial charge is 0.219 e. The molecule has 0 spiro atoms. The van der Waals surface area contributed by atoms with Gasteiger partial charge in [-0.2, -0.15) is 0 Å². The molecule has 4 nitrogen and oxygen atoms in total. The van der Waals surface area contributed by atoms with Crippen molar-refractivity contribution in [2.75, 3.05) is 13.6 Å². The van der Waals surface area contributed by atoms with Gasteiger partial charge in [0.25, 0.3) is 0 Å². The Hall–Kier alpha value is -1.81. The van der Waals surface area contributed by atoms with Crippen molar-refractivity contribution in [1.82, 2.24) is 15.2 Å². The van der Waals surface area contributed by atoms with E-state index >= 15 is 0 Å². The first-order valence-electron chi connectivity index (χ1n) is 7.23. The monoisotopic (exact) mass is 273 g/mol. The van der Waals surface area contributed by atoms with Crippen LogP contribution >= 0.6 is 0 Å². The van der Waals surface area contributed by atoms with Gasteiger partial charge in [0.1, 0.15) is 0 Å². The molecule has 1 amide bonds. The summed E-state index contributed by atoms with van der Waals surface area (Å²) in [5.74, 6) is 0.106. The minimum Gasteiger partial charge on any atom is -0.359 e. The van der Waals surface area contributed by atoms with Crippen molar-refractivity contribution >= 4 is 16.8 Å². The molecule has 4 heteroatoms. The van der Waals surface area contributed by atoms with Crippen LogP contribution in [0.3, 0.4) is 0 Å². The number of benzene rings is 1. The summed E-state index contributed by atoms with van der Waals surface area (Å²) in [4.78, 5) is 11.2. The second-order valence-corrected chi connectivity index (χ2v) is 4.96. The molecule has 20 heavy (non-hydrogen) atoms. The number of carbonyl (C=O) groups excluding carboxylic acids is 1. The summed E-state index contributed by atoms with van der Waals surface area (Å²) < 4.78 is 2.23. The van der Waals surface area contributed by atoms with Crippen molar-refractivity contribution in [3.8, 4) is 0 Å². The van der Waals surface area contributed by atoms with Gasteiger partial charge in [-0.15, -0.1) is 0 Å². The number of hydrogen-bond acceptors (Lipinski definition) is 2. The molecule has 2 rings (SSSR count). The zero-order valence-electron chi connectivity index (χ0n) is 12.3. The summed E-state index contributed by atoms with van der Waals surface area (Å²) in [5.41, 5.74) is 2.54. The molecule has 1 aromatic heterocycles. The Morgan fingerprint density at radius 2 is 2.15 bits per heavy atom. The minimum absolute atomic E-state index is 0.106. The first-order valence-corrected chi connectivity index (χ1v) is 7.23. The Kier molecular flexibility index (Phi) is 5.18. The zero-order valence-corrected chi connectivity index (χ0v) is 12.3. The second-order valence-electron chi connectivity index (χ2n) is 4.96. The lowest BCUT2D eigenvalue weighted by Gasteiger charge is -2.07. The average Bonchev–Trinajstić information content (AvgIpc) is 2.87. The molecule has 0 bridgehead atoms. The van der Waals surface area contributed by atoms with Gasteiger partial charge in [-0.1, -0.05) is 19.1 Å². The van der Waals surface area contributed by atoms with E-state index in [-0.39, 0.29) is 5.91 Å². The Balaban J connectivity index is 2.06. The highest BCUT2D eigenvalue weighted by atomic mass is 16.1. The first-order chi connectivity index (χ1) is 9.74. The SMILES string of the molecule is CCNCc1ccc2ccn(CCCC(=O)NC)c2c1. The number of carbonyl (C=O) groups is 1. The highest BCUT2D eigenvalue weighted by Gasteiger charge is 2.04. The summed E-state index contributed by atoms with van der Waals surface area (Å²) in [6.07, 6.45) is 3.54. The number of fused-ring (bicyclic) bond motifs is 1. The van der Waals surface area contributed by atoms with E-state index < -0.39 is 0 Å². The van der Waals surface area contributed by atoms with Crippen LogP contribution in [0.5, 0.6) is 0 Å². The van der Waals surface area contributed by atoms with Gasteiger partial charge < -0.3 is 15.2 Å². The highest BCUT2D eigenvalue weighted by Crippen LogP contribution is 2.18. The normalized spacial score (nSPS) is 10.9. The van der Waals surface area contributed by atoms with E-state index in [9.17, 15) is 4.79 Å². The van der Waals surface area contributed by atoms with Gasteiger partial charge in [-0.3, -0.25) is 4.79 Å². The van der Waals surface area contributed by atoms with Crippen LogP contribution in [-0.2, 0) is 17.9 Å². The van der Waals surface area contributed by atoms with Gasteiger partial charge >= 0.3 is 0 Å². The fraction of sp³-hybridized carbons (Fsp3) is 0.438. The van der Waals surface area contributed by atoms with Gasteiger partial charge in [0.15, 0.2) is 0 Å². The van der Waals surface area contributed by atoms with Crippen molar-refractivity contribution in [3.63, 3.8) is 0 Å². The Bertz CT molecular complexity index is 574. The Morgan fingerprint density at radius 1 is 1.30 bits per heavy atom. The first kappa shape index (κ1) is 14.6. The summed E-state index contributed by atoms with van der Waals surface area (Å²) in [6.45, 7) is 4.86. The molecule has 2 N–H and O–H groups in total. The number of rotatable bonds is 7. The van der Waals surface area contributed by atoms with Crippen molar-refractivity contribution < 1.29 is 4.79 Å². The number of amides is 1. The number of aryl methyl sites for hydroxylation is 1. The summed E-state index contributed by atoms with van der Waals surface area (Å²) >= 11 is 0. The van der Waals surface area contributed by atoms with Gasteiger partial charge in [-0.05, 0) is 36.0 Å². The molecule has 0 atom stereocenters. The number of hydrogen-bond donors (Lipinski definition) is 2. The van der Waals surface area contributed by atoms with Crippen LogP contribution in [0, 0.1) is 0 Å². The number of nitrogens with zero attached hydrogens (tertiary/aromatic N) is 1. The topological polar surface area (TPSA) is 46.1 Å². The third-order valence-electron chi connectivity index (χ3n) is 3.50. The maximum atomic E-state index is 11.2. The average molecular weight is 273 g/mol. The Labute approximate surface area is 120 Å². The summed E-state index contributed by atoms with van der Waals surface area (Å²) in [5, 5.41) is 7.26. The molecule has 0 saturated heterocycles. The van der Waals surface area contributed by atoms with Gasteiger partial charge in [0.05, 0.1) is 0 Å². The Morgan fingerprint density at radius 3 is 2.90 bits per heavy atom. The van der Waals surface area contributed by atoms with Crippen LogP contribution in [0.1, 0.15) is 25.3 Å². The lowest BCUT2D eigenvalue weighted by atomic mass is 10.1. The van der Waals surface area contributed by atoms with E-state index in [2.05, 4.69) is 52.6 Å². The molecule has 0 fully saturated rings. The molecule has 1 heterocycles. The molecule has 0 aliphatic rings. The van der Waals surface area contributed by atoms with E-state index in [1.54, 1.807) is 7.05 Å². The minimum atomic E-state index is 0.106. The molecular formula is C16H23N3O. The zero-order chi connectivity index (χ0) is 14.4. The third-order valence-corrected chi connectivity index (χ3v) is 3.50. The fourth-order valence-corrected chi connectivity index (χ4v) is 2.34. The molecule has 0 unspecified atom stereocenters. The molecule has 2 aromatic rings. The quantitative estimate of drug-likeness (QED) is 0.813. The highest BCUT2D eigenvalue weighted by molar-refractivity contribution is 5.81.